The standard InChI is InChI=1S/C49H31N3O/c1-4-14-32(15-5-1)37-20-12-21-38(30-37)39-24-13-25-42-44-31-43(40-22-10-11-23-41(40)46(44)53-45(39)42)33-26-28-36(29-27-33)49-51-47(34-16-6-2-7-17-34)50-48(52-49)35-18-8-3-9-19-35/h1-31H. The zero-order chi connectivity index (χ0) is 35.1. The van der Waals surface area contributed by atoms with Gasteiger partial charge in [0.05, 0.1) is 0 Å². The highest BCUT2D eigenvalue weighted by molar-refractivity contribution is 6.20. The summed E-state index contributed by atoms with van der Waals surface area (Å²) in [5, 5.41) is 4.41. The smallest absolute Gasteiger partial charge is 0.164 e. The van der Waals surface area contributed by atoms with E-state index in [9.17, 15) is 0 Å². The van der Waals surface area contributed by atoms with Gasteiger partial charge in [0.1, 0.15) is 11.2 Å². The third-order valence-electron chi connectivity index (χ3n) is 9.94. The zero-order valence-corrected chi connectivity index (χ0v) is 28.6. The van der Waals surface area contributed by atoms with Crippen LogP contribution < -0.4 is 0 Å². The maximum Gasteiger partial charge on any atom is 0.164 e. The molecule has 0 atom stereocenters. The second kappa shape index (κ2) is 12.9. The fourth-order valence-electron chi connectivity index (χ4n) is 7.32. The van der Waals surface area contributed by atoms with Crippen LogP contribution in [0.25, 0.3) is 100 Å². The van der Waals surface area contributed by atoms with Crippen LogP contribution in [0, 0.1) is 0 Å². The molecule has 0 aliphatic heterocycles. The Morgan fingerprint density at radius 2 is 0.717 bits per heavy atom. The third kappa shape index (κ3) is 5.54. The van der Waals surface area contributed by atoms with Gasteiger partial charge in [0.25, 0.3) is 0 Å². The average Bonchev–Trinajstić information content (AvgIpc) is 3.63. The van der Waals surface area contributed by atoms with Crippen LogP contribution in [0.5, 0.6) is 0 Å². The van der Waals surface area contributed by atoms with Crippen molar-refractivity contribution in [3.63, 3.8) is 0 Å². The molecule has 248 valence electrons. The van der Waals surface area contributed by atoms with Crippen LogP contribution in [0.1, 0.15) is 0 Å². The number of nitrogens with zero attached hydrogens (tertiary/aromatic N) is 3. The summed E-state index contributed by atoms with van der Waals surface area (Å²) in [6, 6.07) is 65.2. The van der Waals surface area contributed by atoms with Crippen molar-refractivity contribution in [2.24, 2.45) is 0 Å². The summed E-state index contributed by atoms with van der Waals surface area (Å²) in [7, 11) is 0. The van der Waals surface area contributed by atoms with Crippen molar-refractivity contribution >= 4 is 32.7 Å². The zero-order valence-electron chi connectivity index (χ0n) is 28.6. The molecule has 0 bridgehead atoms. The summed E-state index contributed by atoms with van der Waals surface area (Å²) >= 11 is 0. The maximum absolute atomic E-state index is 6.84. The molecule has 0 saturated carbocycles. The van der Waals surface area contributed by atoms with Gasteiger partial charge in [-0.25, -0.2) is 15.0 Å². The van der Waals surface area contributed by atoms with Crippen LogP contribution in [-0.2, 0) is 0 Å². The molecule has 0 aliphatic rings. The lowest BCUT2D eigenvalue weighted by Crippen LogP contribution is -2.00. The predicted molar refractivity (Wildman–Crippen MR) is 217 cm³/mol. The second-order valence-corrected chi connectivity index (χ2v) is 13.2. The first kappa shape index (κ1) is 30.6. The molecule has 0 fully saturated rings. The normalized spacial score (nSPS) is 11.4. The van der Waals surface area contributed by atoms with E-state index in [1.165, 1.54) is 11.1 Å². The van der Waals surface area contributed by atoms with E-state index in [1.54, 1.807) is 0 Å². The van der Waals surface area contributed by atoms with E-state index in [4.69, 9.17) is 19.4 Å². The molecule has 4 heteroatoms. The number of rotatable bonds is 6. The van der Waals surface area contributed by atoms with Crippen molar-refractivity contribution in [2.45, 2.75) is 0 Å². The number of furan rings is 1. The van der Waals surface area contributed by atoms with Crippen molar-refractivity contribution in [3.8, 4) is 67.5 Å². The second-order valence-electron chi connectivity index (χ2n) is 13.2. The van der Waals surface area contributed by atoms with E-state index in [-0.39, 0.29) is 0 Å². The van der Waals surface area contributed by atoms with Crippen molar-refractivity contribution in [2.75, 3.05) is 0 Å². The van der Waals surface area contributed by atoms with Crippen LogP contribution in [0.15, 0.2) is 192 Å². The summed E-state index contributed by atoms with van der Waals surface area (Å²) in [5.41, 5.74) is 11.4. The molecular weight excluding hydrogens is 647 g/mol. The van der Waals surface area contributed by atoms with Crippen molar-refractivity contribution < 1.29 is 4.42 Å². The van der Waals surface area contributed by atoms with Gasteiger partial charge in [0.2, 0.25) is 0 Å². The van der Waals surface area contributed by atoms with Gasteiger partial charge in [-0.2, -0.15) is 0 Å². The number of hydrogen-bond donors (Lipinski definition) is 0. The molecule has 8 aromatic carbocycles. The molecular formula is C49H31N3O. The Bertz CT molecular complexity index is 2860. The van der Waals surface area contributed by atoms with Gasteiger partial charge in [-0.3, -0.25) is 0 Å². The summed E-state index contributed by atoms with van der Waals surface area (Å²) in [4.78, 5) is 14.7. The molecule has 0 saturated heterocycles. The van der Waals surface area contributed by atoms with Crippen molar-refractivity contribution in [1.29, 1.82) is 0 Å². The van der Waals surface area contributed by atoms with Crippen LogP contribution in [0.2, 0.25) is 0 Å². The van der Waals surface area contributed by atoms with E-state index in [0.717, 1.165) is 71.7 Å². The van der Waals surface area contributed by atoms with E-state index in [0.29, 0.717) is 17.5 Å². The molecule has 0 spiro atoms. The molecule has 0 radical (unpaired) electrons. The highest BCUT2D eigenvalue weighted by atomic mass is 16.3. The lowest BCUT2D eigenvalue weighted by Gasteiger charge is -2.10. The van der Waals surface area contributed by atoms with E-state index in [1.807, 2.05) is 66.7 Å². The summed E-state index contributed by atoms with van der Waals surface area (Å²) in [6.45, 7) is 0. The number of aromatic nitrogens is 3. The first-order chi connectivity index (χ1) is 26.3. The Morgan fingerprint density at radius 1 is 0.264 bits per heavy atom. The molecule has 0 N–H and O–H groups in total. The summed E-state index contributed by atoms with van der Waals surface area (Å²) in [6.07, 6.45) is 0. The Labute approximate surface area is 306 Å². The van der Waals surface area contributed by atoms with Gasteiger partial charge in [-0.05, 0) is 45.3 Å². The number of para-hydroxylation sites is 1. The van der Waals surface area contributed by atoms with Crippen LogP contribution in [-0.4, -0.2) is 15.0 Å². The van der Waals surface area contributed by atoms with E-state index in [2.05, 4.69) is 121 Å². The maximum atomic E-state index is 6.84. The highest BCUT2D eigenvalue weighted by Gasteiger charge is 2.18. The molecule has 0 aliphatic carbocycles. The molecule has 10 aromatic rings. The van der Waals surface area contributed by atoms with Crippen molar-refractivity contribution in [3.05, 3.63) is 188 Å². The topological polar surface area (TPSA) is 51.8 Å². The predicted octanol–water partition coefficient (Wildman–Crippen LogP) is 12.9. The number of fused-ring (bicyclic) bond motifs is 5. The fraction of sp³-hybridized carbons (Fsp3) is 0. The monoisotopic (exact) mass is 677 g/mol. The third-order valence-corrected chi connectivity index (χ3v) is 9.94. The minimum absolute atomic E-state index is 0.634. The number of benzene rings is 8. The number of hydrogen-bond acceptors (Lipinski definition) is 4. The summed E-state index contributed by atoms with van der Waals surface area (Å²) in [5.74, 6) is 1.93. The van der Waals surface area contributed by atoms with Crippen LogP contribution >= 0.6 is 0 Å². The van der Waals surface area contributed by atoms with Crippen LogP contribution in [0.3, 0.4) is 0 Å². The van der Waals surface area contributed by atoms with E-state index < -0.39 is 0 Å². The Hall–Kier alpha value is -7.17. The van der Waals surface area contributed by atoms with Gasteiger partial charge >= 0.3 is 0 Å². The first-order valence-electron chi connectivity index (χ1n) is 17.8. The molecule has 0 amide bonds. The first-order valence-corrected chi connectivity index (χ1v) is 17.8. The molecule has 2 heterocycles. The molecule has 53 heavy (non-hydrogen) atoms. The fourth-order valence-corrected chi connectivity index (χ4v) is 7.32. The van der Waals surface area contributed by atoms with Gasteiger partial charge in [-0.15, -0.1) is 0 Å². The van der Waals surface area contributed by atoms with Gasteiger partial charge in [0, 0.05) is 38.4 Å². The molecule has 0 unspecified atom stereocenters. The van der Waals surface area contributed by atoms with Crippen LogP contribution in [0.4, 0.5) is 0 Å². The Kier molecular flexibility index (Phi) is 7.43. The van der Waals surface area contributed by atoms with E-state index >= 15 is 0 Å². The van der Waals surface area contributed by atoms with Crippen molar-refractivity contribution in [1.82, 2.24) is 15.0 Å². The minimum Gasteiger partial charge on any atom is -0.455 e. The SMILES string of the molecule is c1ccc(-c2cccc(-c3cccc4c3oc3c5ccccc5c(-c5ccc(-c6nc(-c7ccccc7)nc(-c7ccccc7)n6)cc5)cc43)c2)cc1. The summed E-state index contributed by atoms with van der Waals surface area (Å²) < 4.78 is 6.84. The molecule has 4 nitrogen and oxygen atoms in total. The largest absolute Gasteiger partial charge is 0.455 e. The molecule has 2 aromatic heterocycles. The lowest BCUT2D eigenvalue weighted by atomic mass is 9.94. The van der Waals surface area contributed by atoms with Gasteiger partial charge in [-0.1, -0.05) is 176 Å². The highest BCUT2D eigenvalue weighted by Crippen LogP contribution is 2.43. The molecule has 10 rings (SSSR count). The van der Waals surface area contributed by atoms with Gasteiger partial charge in [0.15, 0.2) is 17.5 Å². The minimum atomic E-state index is 0.634. The van der Waals surface area contributed by atoms with Gasteiger partial charge < -0.3 is 4.42 Å². The average molecular weight is 678 g/mol. The Balaban J connectivity index is 1.09. The quantitative estimate of drug-likeness (QED) is 0.176. The Morgan fingerprint density at radius 3 is 1.36 bits per heavy atom. The lowest BCUT2D eigenvalue weighted by molar-refractivity contribution is 0.674.